The minimum atomic E-state index is -0.479. The van der Waals surface area contributed by atoms with Gasteiger partial charge in [0.2, 0.25) is 11.8 Å². The van der Waals surface area contributed by atoms with Crippen molar-refractivity contribution in [3.63, 3.8) is 0 Å². The molecule has 0 spiro atoms. The van der Waals surface area contributed by atoms with Gasteiger partial charge in [-0.15, -0.1) is 0 Å². The Hall–Kier alpha value is -3.87. The number of nitrogens with zero attached hydrogens (tertiary/aromatic N) is 4. The van der Waals surface area contributed by atoms with Gasteiger partial charge in [-0.05, 0) is 37.1 Å². The van der Waals surface area contributed by atoms with Gasteiger partial charge in [0.25, 0.3) is 0 Å². The van der Waals surface area contributed by atoms with Gasteiger partial charge in [0.15, 0.2) is 11.6 Å². The second kappa shape index (κ2) is 14.3. The minimum Gasteiger partial charge on any atom is -0.481 e. The lowest BCUT2D eigenvalue weighted by Crippen LogP contribution is -2.35. The average Bonchev–Trinajstić information content (AvgIpc) is 3.67. The van der Waals surface area contributed by atoms with Crippen LogP contribution >= 0.6 is 23.2 Å². The number of methoxy groups -OCH3 is 1. The number of aliphatic hydroxyl groups is 1. The molecule has 2 aliphatic rings. The highest BCUT2D eigenvalue weighted by Crippen LogP contribution is 2.41. The molecule has 240 valence electrons. The first kappa shape index (κ1) is 32.1. The van der Waals surface area contributed by atoms with E-state index in [-0.39, 0.29) is 23.9 Å². The Labute approximate surface area is 276 Å². The monoisotopic (exact) mass is 665 g/mol. The molecule has 5 heterocycles. The number of aliphatic hydroxyl groups excluding tert-OH is 1. The van der Waals surface area contributed by atoms with Crippen LogP contribution in [-0.2, 0) is 17.9 Å². The molecule has 46 heavy (non-hydrogen) atoms. The van der Waals surface area contributed by atoms with Crippen LogP contribution in [-0.4, -0.2) is 69.8 Å². The summed E-state index contributed by atoms with van der Waals surface area (Å²) in [5.41, 5.74) is 4.00. The van der Waals surface area contributed by atoms with Crippen molar-refractivity contribution in [3.8, 4) is 28.4 Å². The number of nitrogens with one attached hydrogen (secondary N) is 3. The number of benzene rings is 1. The lowest BCUT2D eigenvalue weighted by Gasteiger charge is -2.17. The third-order valence-electron chi connectivity index (χ3n) is 8.21. The number of aromatic nitrogens is 3. The van der Waals surface area contributed by atoms with E-state index in [4.69, 9.17) is 32.9 Å². The molecule has 3 aromatic heterocycles. The van der Waals surface area contributed by atoms with Crippen LogP contribution in [0.1, 0.15) is 30.4 Å². The fraction of sp³-hybridized carbons (Fsp3) is 0.333. The summed E-state index contributed by atoms with van der Waals surface area (Å²) in [6, 6.07) is 12.6. The zero-order chi connectivity index (χ0) is 32.2. The zero-order valence-electron chi connectivity index (χ0n) is 25.2. The fourth-order valence-electron chi connectivity index (χ4n) is 5.80. The highest BCUT2D eigenvalue weighted by Gasteiger charge is 2.23. The lowest BCUT2D eigenvalue weighted by molar-refractivity contribution is -0.119. The summed E-state index contributed by atoms with van der Waals surface area (Å²) in [7, 11) is 1.56. The topological polar surface area (TPSA) is 125 Å². The average molecular weight is 667 g/mol. The third-order valence-corrected chi connectivity index (χ3v) is 9.00. The summed E-state index contributed by atoms with van der Waals surface area (Å²) in [6.07, 6.45) is 4.84. The lowest BCUT2D eigenvalue weighted by atomic mass is 10.1. The summed E-state index contributed by atoms with van der Waals surface area (Å²) < 4.78 is 21.1. The highest BCUT2D eigenvalue weighted by atomic mass is 35.5. The van der Waals surface area contributed by atoms with Gasteiger partial charge in [0.1, 0.15) is 0 Å². The molecule has 2 saturated heterocycles. The van der Waals surface area contributed by atoms with Crippen LogP contribution in [0.5, 0.6) is 5.88 Å². The van der Waals surface area contributed by atoms with E-state index in [1.54, 1.807) is 49.8 Å². The van der Waals surface area contributed by atoms with Crippen molar-refractivity contribution in [2.45, 2.75) is 44.5 Å². The molecule has 4 N–H and O–H groups in total. The molecule has 1 aromatic carbocycles. The van der Waals surface area contributed by atoms with Crippen LogP contribution in [0.3, 0.4) is 0 Å². The summed E-state index contributed by atoms with van der Waals surface area (Å²) in [5.74, 6) is 0.104. The maximum Gasteiger partial charge on any atom is 0.220 e. The van der Waals surface area contributed by atoms with Crippen molar-refractivity contribution in [2.75, 3.05) is 32.1 Å². The smallest absolute Gasteiger partial charge is 0.220 e. The molecule has 0 unspecified atom stereocenters. The number of hydrogen-bond donors (Lipinski definition) is 4. The van der Waals surface area contributed by atoms with E-state index < -0.39 is 5.82 Å². The standard InChI is InChI=1S/C33H34Cl2FN7O3/c1-46-33-19(15-37-16-21-6-8-27(45)40-21)5-7-25(42-33)23-10-13-38-31(29(23)35)24-3-2-4-26(28(24)34)41-32-30(36)20(9-12-39-32)17-43-14-11-22(44)18-43/h2-5,7,9-10,12-13,21-22,37,44H,6,8,11,14-18H2,1H3,(H,39,41)(H,40,45)/t21-,22-/m1/s1. The van der Waals surface area contributed by atoms with E-state index in [2.05, 4.69) is 25.9 Å². The number of ether oxygens (including phenoxy) is 1. The summed E-state index contributed by atoms with van der Waals surface area (Å²) in [5, 5.41) is 19.8. The van der Waals surface area contributed by atoms with Crippen LogP contribution in [0, 0.1) is 5.82 Å². The van der Waals surface area contributed by atoms with Crippen molar-refractivity contribution >= 4 is 40.6 Å². The van der Waals surface area contributed by atoms with E-state index in [0.717, 1.165) is 12.0 Å². The molecule has 13 heteroatoms. The van der Waals surface area contributed by atoms with Crippen molar-refractivity contribution in [2.24, 2.45) is 0 Å². The molecule has 1 amide bonds. The van der Waals surface area contributed by atoms with Gasteiger partial charge in [-0.25, -0.2) is 14.4 Å². The molecule has 2 fully saturated rings. The number of halogens is 3. The molecule has 10 nitrogen and oxygen atoms in total. The Morgan fingerprint density at radius 2 is 1.91 bits per heavy atom. The van der Waals surface area contributed by atoms with Crippen LogP contribution in [0.15, 0.2) is 54.9 Å². The first-order chi connectivity index (χ1) is 22.3. The van der Waals surface area contributed by atoms with Crippen LogP contribution in [0.25, 0.3) is 22.5 Å². The molecule has 0 bridgehead atoms. The number of rotatable bonds is 11. The van der Waals surface area contributed by atoms with E-state index in [1.165, 1.54) is 0 Å². The van der Waals surface area contributed by atoms with Crippen LogP contribution in [0.2, 0.25) is 10.0 Å². The molecule has 0 aliphatic carbocycles. The number of pyridine rings is 3. The largest absolute Gasteiger partial charge is 0.481 e. The maximum absolute atomic E-state index is 15.5. The van der Waals surface area contributed by atoms with Gasteiger partial charge in [-0.1, -0.05) is 41.4 Å². The minimum absolute atomic E-state index is 0.0444. The number of likely N-dealkylation sites (tertiary alicyclic amines) is 1. The number of anilines is 2. The zero-order valence-corrected chi connectivity index (χ0v) is 26.7. The fourth-order valence-corrected chi connectivity index (χ4v) is 6.37. The first-order valence-electron chi connectivity index (χ1n) is 15.1. The number of carbonyl (C=O) groups excluding carboxylic acids is 1. The Morgan fingerprint density at radius 3 is 2.67 bits per heavy atom. The molecule has 0 radical (unpaired) electrons. The summed E-state index contributed by atoms with van der Waals surface area (Å²) in [6.45, 7) is 2.77. The number of amides is 1. The highest BCUT2D eigenvalue weighted by molar-refractivity contribution is 6.39. The number of carbonyl (C=O) groups is 1. The molecule has 0 saturated carbocycles. The van der Waals surface area contributed by atoms with Gasteiger partial charge in [-0.2, -0.15) is 0 Å². The van der Waals surface area contributed by atoms with Crippen molar-refractivity contribution in [3.05, 3.63) is 81.8 Å². The van der Waals surface area contributed by atoms with E-state index in [9.17, 15) is 9.90 Å². The molecule has 2 aliphatic heterocycles. The number of β-amino-alcohol motifs (C(OH)–C–C–N with tert-alkyl or cyclic N) is 1. The van der Waals surface area contributed by atoms with E-state index in [0.29, 0.717) is 95.3 Å². The Kier molecular flexibility index (Phi) is 9.95. The van der Waals surface area contributed by atoms with Gasteiger partial charge < -0.3 is 25.8 Å². The Morgan fingerprint density at radius 1 is 1.07 bits per heavy atom. The second-order valence-electron chi connectivity index (χ2n) is 11.4. The molecule has 4 aromatic rings. The third kappa shape index (κ3) is 7.08. The van der Waals surface area contributed by atoms with Gasteiger partial charge >= 0.3 is 0 Å². The quantitative estimate of drug-likeness (QED) is 0.168. The van der Waals surface area contributed by atoms with Crippen molar-refractivity contribution in [1.82, 2.24) is 30.5 Å². The van der Waals surface area contributed by atoms with Gasteiger partial charge in [-0.3, -0.25) is 14.7 Å². The van der Waals surface area contributed by atoms with Crippen LogP contribution in [0.4, 0.5) is 15.9 Å². The predicted octanol–water partition coefficient (Wildman–Crippen LogP) is 5.34. The Bertz CT molecular complexity index is 1740. The predicted molar refractivity (Wildman–Crippen MR) is 176 cm³/mol. The SMILES string of the molecule is COc1nc(-c2ccnc(-c3cccc(Nc4nccc(CN5CC[C@@H](O)C5)c4F)c3Cl)c2Cl)ccc1CNC[C@H]1CCC(=O)N1. The summed E-state index contributed by atoms with van der Waals surface area (Å²) in [4.78, 5) is 26.9. The van der Waals surface area contributed by atoms with Gasteiger partial charge in [0, 0.05) is 79.8 Å². The van der Waals surface area contributed by atoms with Gasteiger partial charge in [0.05, 0.1) is 40.3 Å². The Balaban J connectivity index is 1.21. The molecular weight excluding hydrogens is 632 g/mol. The van der Waals surface area contributed by atoms with Crippen molar-refractivity contribution < 1.29 is 19.0 Å². The van der Waals surface area contributed by atoms with Crippen molar-refractivity contribution in [1.29, 1.82) is 0 Å². The normalized spacial score (nSPS) is 18.2. The molecular formula is C33H34Cl2FN7O3. The molecule has 6 rings (SSSR count). The first-order valence-corrected chi connectivity index (χ1v) is 15.8. The summed E-state index contributed by atoms with van der Waals surface area (Å²) >= 11 is 13.8. The molecule has 2 atom stereocenters. The van der Waals surface area contributed by atoms with E-state index in [1.807, 2.05) is 17.0 Å². The maximum atomic E-state index is 15.5. The second-order valence-corrected chi connectivity index (χ2v) is 12.2. The van der Waals surface area contributed by atoms with E-state index >= 15 is 4.39 Å². The van der Waals surface area contributed by atoms with Crippen LogP contribution < -0.4 is 20.7 Å². The number of hydrogen-bond acceptors (Lipinski definition) is 9.